The fraction of sp³-hybridized carbons (Fsp3) is 0.824. The second kappa shape index (κ2) is 9.66. The molecule has 1 saturated heterocycles. The van der Waals surface area contributed by atoms with Crippen LogP contribution >= 0.6 is 0 Å². The predicted octanol–water partition coefficient (Wildman–Crippen LogP) is -0.445. The van der Waals surface area contributed by atoms with Crippen LogP contribution in [-0.2, 0) is 27.7 Å². The number of aromatic nitrogens is 3. The maximum absolute atomic E-state index is 12.2. The van der Waals surface area contributed by atoms with Crippen molar-refractivity contribution in [1.29, 1.82) is 0 Å². The van der Waals surface area contributed by atoms with Crippen LogP contribution in [0.5, 0.6) is 0 Å². The normalized spacial score (nSPS) is 23.3. The molecule has 1 aromatic rings. The quantitative estimate of drug-likeness (QED) is 0.409. The van der Waals surface area contributed by atoms with Crippen LogP contribution in [0.1, 0.15) is 37.3 Å². The molecular formula is C17H31N7O3S. The summed E-state index contributed by atoms with van der Waals surface area (Å²) in [5.41, 5.74) is 0. The molecule has 2 aliphatic rings. The number of fused-ring (bicyclic) bond motifs is 1. The molecule has 2 aliphatic heterocycles. The first kappa shape index (κ1) is 21.0. The third-order valence-electron chi connectivity index (χ3n) is 5.00. The average molecular weight is 414 g/mol. The van der Waals surface area contributed by atoms with E-state index in [0.29, 0.717) is 19.1 Å². The molecule has 3 rings (SSSR count). The van der Waals surface area contributed by atoms with Crippen LogP contribution in [-0.4, -0.2) is 73.8 Å². The van der Waals surface area contributed by atoms with E-state index in [1.807, 2.05) is 11.6 Å². The maximum atomic E-state index is 12.2. The van der Waals surface area contributed by atoms with Crippen LogP contribution in [0.2, 0.25) is 0 Å². The topological polar surface area (TPSA) is 123 Å². The second-order valence-electron chi connectivity index (χ2n) is 7.29. The molecular weight excluding hydrogens is 382 g/mol. The Kier molecular flexibility index (Phi) is 7.24. The van der Waals surface area contributed by atoms with Gasteiger partial charge in [-0.15, -0.1) is 0 Å². The lowest BCUT2D eigenvalue weighted by Gasteiger charge is -2.25. The van der Waals surface area contributed by atoms with Gasteiger partial charge in [-0.1, -0.05) is 0 Å². The zero-order chi connectivity index (χ0) is 20.0. The van der Waals surface area contributed by atoms with Gasteiger partial charge in [-0.25, -0.2) is 22.8 Å². The van der Waals surface area contributed by atoms with E-state index in [9.17, 15) is 8.42 Å². The van der Waals surface area contributed by atoms with Crippen molar-refractivity contribution in [2.45, 2.75) is 57.7 Å². The molecule has 11 heteroatoms. The van der Waals surface area contributed by atoms with Crippen molar-refractivity contribution in [2.75, 3.05) is 32.5 Å². The number of guanidine groups is 1. The Balaban J connectivity index is 1.39. The predicted molar refractivity (Wildman–Crippen MR) is 107 cm³/mol. The van der Waals surface area contributed by atoms with E-state index in [1.165, 1.54) is 0 Å². The lowest BCUT2D eigenvalue weighted by molar-refractivity contribution is 0.0200. The molecule has 0 aromatic carbocycles. The number of hydrogen-bond acceptors (Lipinski definition) is 6. The van der Waals surface area contributed by atoms with Crippen molar-refractivity contribution >= 4 is 16.0 Å². The molecule has 1 fully saturated rings. The summed E-state index contributed by atoms with van der Waals surface area (Å²) < 4.78 is 34.5. The minimum atomic E-state index is -3.35. The second-order valence-corrected chi connectivity index (χ2v) is 9.22. The van der Waals surface area contributed by atoms with E-state index in [2.05, 4.69) is 30.4 Å². The van der Waals surface area contributed by atoms with Gasteiger partial charge in [-0.2, -0.15) is 5.10 Å². The number of sulfonamides is 1. The highest BCUT2D eigenvalue weighted by Crippen LogP contribution is 2.13. The molecule has 10 nitrogen and oxygen atoms in total. The first-order valence-corrected chi connectivity index (χ1v) is 11.6. The van der Waals surface area contributed by atoms with Crippen molar-refractivity contribution in [1.82, 2.24) is 30.1 Å². The van der Waals surface area contributed by atoms with Gasteiger partial charge in [-0.05, 0) is 32.6 Å². The Morgan fingerprint density at radius 1 is 1.36 bits per heavy atom. The summed E-state index contributed by atoms with van der Waals surface area (Å²) in [5, 5.41) is 10.8. The summed E-state index contributed by atoms with van der Waals surface area (Å²) in [7, 11) is -1.68. The van der Waals surface area contributed by atoms with Gasteiger partial charge < -0.3 is 15.4 Å². The van der Waals surface area contributed by atoms with Gasteiger partial charge >= 0.3 is 0 Å². The molecule has 2 unspecified atom stereocenters. The monoisotopic (exact) mass is 413 g/mol. The number of hydrogen-bond donors (Lipinski definition) is 3. The standard InChI is InChI=1S/C17H31N7O3S/c1-13-21-16-7-6-14(12-24(16)23-13)22-17(18-2)19-8-10-28(25,26)20-11-15-5-3-4-9-27-15/h14-15,20H,3-12H2,1-2H3,(H2,18,19,22). The van der Waals surface area contributed by atoms with Crippen LogP contribution in [0.25, 0.3) is 0 Å². The Labute approximate surface area is 166 Å². The SMILES string of the molecule is CN=C(NCCS(=O)(=O)NCC1CCCCO1)NC1CCc2nc(C)nn2C1. The molecule has 3 N–H and O–H groups in total. The van der Waals surface area contributed by atoms with Gasteiger partial charge in [-0.3, -0.25) is 4.99 Å². The Bertz CT molecular complexity index is 772. The van der Waals surface area contributed by atoms with Gasteiger partial charge in [0.2, 0.25) is 10.0 Å². The first-order chi connectivity index (χ1) is 13.4. The molecule has 0 spiro atoms. The lowest BCUT2D eigenvalue weighted by Crippen LogP contribution is -2.48. The number of aryl methyl sites for hydroxylation is 2. The molecule has 158 valence electrons. The molecule has 1 aromatic heterocycles. The highest BCUT2D eigenvalue weighted by Gasteiger charge is 2.22. The van der Waals surface area contributed by atoms with Gasteiger partial charge in [0.15, 0.2) is 5.96 Å². The molecule has 0 saturated carbocycles. The highest BCUT2D eigenvalue weighted by molar-refractivity contribution is 7.89. The lowest BCUT2D eigenvalue weighted by atomic mass is 10.1. The van der Waals surface area contributed by atoms with Gasteiger partial charge in [0.25, 0.3) is 0 Å². The Morgan fingerprint density at radius 3 is 2.96 bits per heavy atom. The van der Waals surface area contributed by atoms with E-state index in [1.54, 1.807) is 7.05 Å². The number of nitrogens with zero attached hydrogens (tertiary/aromatic N) is 4. The summed E-state index contributed by atoms with van der Waals surface area (Å²) in [4.78, 5) is 8.60. The molecule has 0 aliphatic carbocycles. The minimum absolute atomic E-state index is 0.0115. The molecule has 0 amide bonds. The smallest absolute Gasteiger partial charge is 0.213 e. The van der Waals surface area contributed by atoms with Crippen molar-refractivity contribution in [3.05, 3.63) is 11.6 Å². The third-order valence-corrected chi connectivity index (χ3v) is 6.34. The van der Waals surface area contributed by atoms with Crippen molar-refractivity contribution < 1.29 is 13.2 Å². The summed E-state index contributed by atoms with van der Waals surface area (Å²) in [5.74, 6) is 2.38. The zero-order valence-electron chi connectivity index (χ0n) is 16.6. The van der Waals surface area contributed by atoms with Crippen molar-refractivity contribution in [2.24, 2.45) is 4.99 Å². The van der Waals surface area contributed by atoms with Crippen LogP contribution in [0.3, 0.4) is 0 Å². The van der Waals surface area contributed by atoms with Crippen LogP contribution in [0, 0.1) is 6.92 Å². The summed E-state index contributed by atoms with van der Waals surface area (Å²) in [6.45, 7) is 3.95. The largest absolute Gasteiger partial charge is 0.377 e. The van der Waals surface area contributed by atoms with Crippen molar-refractivity contribution in [3.8, 4) is 0 Å². The summed E-state index contributed by atoms with van der Waals surface area (Å²) >= 11 is 0. The van der Waals surface area contributed by atoms with Crippen LogP contribution < -0.4 is 15.4 Å². The Hall–Kier alpha value is -1.72. The maximum Gasteiger partial charge on any atom is 0.213 e. The van der Waals surface area contributed by atoms with E-state index in [4.69, 9.17) is 4.74 Å². The van der Waals surface area contributed by atoms with Crippen LogP contribution in [0.4, 0.5) is 0 Å². The molecule has 0 bridgehead atoms. The van der Waals surface area contributed by atoms with E-state index >= 15 is 0 Å². The first-order valence-electron chi connectivity index (χ1n) is 9.91. The minimum Gasteiger partial charge on any atom is -0.377 e. The summed E-state index contributed by atoms with van der Waals surface area (Å²) in [6, 6.07) is 0.179. The highest BCUT2D eigenvalue weighted by atomic mass is 32.2. The molecule has 3 heterocycles. The average Bonchev–Trinajstić information content (AvgIpc) is 3.05. The third kappa shape index (κ3) is 6.14. The fourth-order valence-electron chi connectivity index (χ4n) is 3.50. The summed E-state index contributed by atoms with van der Waals surface area (Å²) in [6.07, 6.45) is 4.83. The number of aliphatic imine (C=N–C) groups is 1. The number of nitrogens with one attached hydrogen (secondary N) is 3. The van der Waals surface area contributed by atoms with Crippen molar-refractivity contribution in [3.63, 3.8) is 0 Å². The molecule has 0 radical (unpaired) electrons. The van der Waals surface area contributed by atoms with Crippen LogP contribution in [0.15, 0.2) is 4.99 Å². The Morgan fingerprint density at radius 2 is 2.21 bits per heavy atom. The number of rotatable bonds is 7. The van der Waals surface area contributed by atoms with E-state index in [0.717, 1.165) is 50.3 Å². The van der Waals surface area contributed by atoms with Gasteiger partial charge in [0, 0.05) is 39.2 Å². The van der Waals surface area contributed by atoms with E-state index in [-0.39, 0.29) is 24.4 Å². The molecule has 2 atom stereocenters. The van der Waals surface area contributed by atoms with Gasteiger partial charge in [0.05, 0.1) is 18.4 Å². The fourth-order valence-corrected chi connectivity index (χ4v) is 4.46. The van der Waals surface area contributed by atoms with E-state index < -0.39 is 10.0 Å². The molecule has 28 heavy (non-hydrogen) atoms. The number of ether oxygens (including phenoxy) is 1. The zero-order valence-corrected chi connectivity index (χ0v) is 17.5. The van der Waals surface area contributed by atoms with Gasteiger partial charge in [0.1, 0.15) is 11.6 Å².